The summed E-state index contributed by atoms with van der Waals surface area (Å²) >= 11 is 4.65. The number of aliphatic carboxylic acids is 1. The van der Waals surface area contributed by atoms with E-state index in [0.717, 1.165) is 4.47 Å². The first-order valence-corrected chi connectivity index (χ1v) is 6.26. The Kier molecular flexibility index (Phi) is 4.31. The lowest BCUT2D eigenvalue weighted by Crippen LogP contribution is -2.26. The number of aliphatic hydroxyl groups is 1. The van der Waals surface area contributed by atoms with Gasteiger partial charge in [0.25, 0.3) is 0 Å². The topological polar surface area (TPSA) is 57.5 Å². The molecule has 5 heteroatoms. The van der Waals surface area contributed by atoms with E-state index in [0.29, 0.717) is 4.88 Å². The van der Waals surface area contributed by atoms with Gasteiger partial charge in [-0.1, -0.05) is 13.8 Å². The Hall–Kier alpha value is -0.390. The maximum absolute atomic E-state index is 11.0. The monoisotopic (exact) mass is 292 g/mol. The Morgan fingerprint density at radius 3 is 2.47 bits per heavy atom. The third kappa shape index (κ3) is 2.80. The predicted molar refractivity (Wildman–Crippen MR) is 62.9 cm³/mol. The van der Waals surface area contributed by atoms with Gasteiger partial charge in [0.2, 0.25) is 0 Å². The van der Waals surface area contributed by atoms with Crippen LogP contribution in [0.5, 0.6) is 0 Å². The Morgan fingerprint density at radius 2 is 2.13 bits per heavy atom. The molecule has 0 radical (unpaired) electrons. The summed E-state index contributed by atoms with van der Waals surface area (Å²) in [5.41, 5.74) is 0. The number of halogens is 1. The van der Waals surface area contributed by atoms with Gasteiger partial charge in [-0.05, 0) is 33.3 Å². The molecule has 0 saturated heterocycles. The van der Waals surface area contributed by atoms with Gasteiger partial charge in [-0.2, -0.15) is 0 Å². The van der Waals surface area contributed by atoms with Crippen LogP contribution in [0.1, 0.15) is 24.8 Å². The van der Waals surface area contributed by atoms with Gasteiger partial charge in [0.15, 0.2) is 0 Å². The van der Waals surface area contributed by atoms with Crippen molar-refractivity contribution in [2.24, 2.45) is 11.8 Å². The van der Waals surface area contributed by atoms with E-state index in [1.165, 1.54) is 11.3 Å². The molecule has 0 aromatic carbocycles. The zero-order valence-electron chi connectivity index (χ0n) is 8.48. The molecule has 0 spiro atoms. The average molecular weight is 293 g/mol. The van der Waals surface area contributed by atoms with E-state index in [9.17, 15) is 9.90 Å². The van der Waals surface area contributed by atoms with Crippen LogP contribution in [-0.4, -0.2) is 16.2 Å². The highest BCUT2D eigenvalue weighted by Crippen LogP contribution is 2.36. The lowest BCUT2D eigenvalue weighted by Gasteiger charge is -2.21. The van der Waals surface area contributed by atoms with E-state index in [4.69, 9.17) is 5.11 Å². The Labute approximate surface area is 101 Å². The second-order valence-electron chi connectivity index (χ2n) is 3.69. The summed E-state index contributed by atoms with van der Waals surface area (Å²) in [7, 11) is 0. The Bertz CT molecular complexity index is 348. The van der Waals surface area contributed by atoms with Crippen LogP contribution in [0.3, 0.4) is 0 Å². The molecule has 1 heterocycles. The second kappa shape index (κ2) is 5.09. The lowest BCUT2D eigenvalue weighted by atomic mass is 9.89. The predicted octanol–water partition coefficient (Wildman–Crippen LogP) is 2.90. The number of carbonyl (C=O) groups is 1. The second-order valence-corrected chi connectivity index (χ2v) is 5.49. The van der Waals surface area contributed by atoms with Gasteiger partial charge in [-0.15, -0.1) is 11.3 Å². The van der Waals surface area contributed by atoms with Gasteiger partial charge in [0.05, 0.1) is 5.92 Å². The van der Waals surface area contributed by atoms with E-state index in [2.05, 4.69) is 15.9 Å². The molecule has 2 atom stereocenters. The molecular formula is C10H13BrO3S. The molecule has 1 rings (SSSR count). The van der Waals surface area contributed by atoms with Gasteiger partial charge in [0.1, 0.15) is 6.10 Å². The number of aliphatic hydroxyl groups excluding tert-OH is 1. The maximum atomic E-state index is 11.0. The fourth-order valence-electron chi connectivity index (χ4n) is 1.46. The van der Waals surface area contributed by atoms with Crippen molar-refractivity contribution in [1.82, 2.24) is 0 Å². The highest BCUT2D eigenvalue weighted by molar-refractivity contribution is 9.10. The van der Waals surface area contributed by atoms with Gasteiger partial charge in [-0.3, -0.25) is 4.79 Å². The van der Waals surface area contributed by atoms with Gasteiger partial charge >= 0.3 is 5.97 Å². The van der Waals surface area contributed by atoms with Crippen LogP contribution in [-0.2, 0) is 4.79 Å². The third-order valence-corrected chi connectivity index (χ3v) is 4.20. The minimum Gasteiger partial charge on any atom is -0.481 e. The van der Waals surface area contributed by atoms with Crippen molar-refractivity contribution in [2.45, 2.75) is 20.0 Å². The molecule has 2 unspecified atom stereocenters. The quantitative estimate of drug-likeness (QED) is 0.897. The summed E-state index contributed by atoms with van der Waals surface area (Å²) in [6, 6.07) is 1.81. The van der Waals surface area contributed by atoms with E-state index in [1.807, 2.05) is 11.4 Å². The molecule has 1 aromatic rings. The van der Waals surface area contributed by atoms with E-state index < -0.39 is 18.0 Å². The molecule has 0 bridgehead atoms. The normalized spacial score (nSPS) is 15.3. The van der Waals surface area contributed by atoms with Crippen LogP contribution < -0.4 is 0 Å². The van der Waals surface area contributed by atoms with E-state index in [-0.39, 0.29) is 5.92 Å². The minimum atomic E-state index is -0.960. The largest absolute Gasteiger partial charge is 0.481 e. The molecule has 3 nitrogen and oxygen atoms in total. The van der Waals surface area contributed by atoms with Crippen LogP contribution in [0.2, 0.25) is 0 Å². The van der Waals surface area contributed by atoms with Crippen molar-refractivity contribution in [2.75, 3.05) is 0 Å². The first-order valence-electron chi connectivity index (χ1n) is 4.59. The standard InChI is InChI=1S/C10H13BrO3S/c1-5(2)7(10(13)14)8(12)9-6(11)3-4-15-9/h3-5,7-8,12H,1-2H3,(H,13,14). The highest BCUT2D eigenvalue weighted by Gasteiger charge is 2.32. The summed E-state index contributed by atoms with van der Waals surface area (Å²) < 4.78 is 0.770. The van der Waals surface area contributed by atoms with Crippen molar-refractivity contribution < 1.29 is 15.0 Å². The van der Waals surface area contributed by atoms with Crippen molar-refractivity contribution in [1.29, 1.82) is 0 Å². The molecule has 0 aliphatic carbocycles. The number of carboxylic acids is 1. The smallest absolute Gasteiger partial charge is 0.309 e. The molecule has 0 saturated carbocycles. The van der Waals surface area contributed by atoms with Gasteiger partial charge in [-0.25, -0.2) is 0 Å². The number of hydrogen-bond donors (Lipinski definition) is 2. The lowest BCUT2D eigenvalue weighted by molar-refractivity contribution is -0.148. The molecule has 2 N–H and O–H groups in total. The SMILES string of the molecule is CC(C)C(C(=O)O)C(O)c1sccc1Br. The van der Waals surface area contributed by atoms with Crippen LogP contribution in [0.4, 0.5) is 0 Å². The molecule has 1 aromatic heterocycles. The van der Waals surface area contributed by atoms with Crippen molar-refractivity contribution in [3.63, 3.8) is 0 Å². The van der Waals surface area contributed by atoms with Crippen LogP contribution in [0, 0.1) is 11.8 Å². The molecule has 0 aliphatic heterocycles. The molecular weight excluding hydrogens is 280 g/mol. The number of thiophene rings is 1. The summed E-state index contributed by atoms with van der Waals surface area (Å²) in [4.78, 5) is 11.7. The van der Waals surface area contributed by atoms with E-state index in [1.54, 1.807) is 13.8 Å². The van der Waals surface area contributed by atoms with Crippen LogP contribution in [0.25, 0.3) is 0 Å². The molecule has 0 fully saturated rings. The molecule has 15 heavy (non-hydrogen) atoms. The molecule has 0 amide bonds. The zero-order chi connectivity index (χ0) is 11.6. The van der Waals surface area contributed by atoms with Crippen molar-refractivity contribution >= 4 is 33.2 Å². The minimum absolute atomic E-state index is 0.105. The molecule has 0 aliphatic rings. The average Bonchev–Trinajstić information content (AvgIpc) is 2.49. The van der Waals surface area contributed by atoms with Crippen LogP contribution in [0.15, 0.2) is 15.9 Å². The highest BCUT2D eigenvalue weighted by atomic mass is 79.9. The van der Waals surface area contributed by atoms with Gasteiger partial charge < -0.3 is 10.2 Å². The number of carboxylic acid groups (broad SMARTS) is 1. The summed E-state index contributed by atoms with van der Waals surface area (Å²) in [6.45, 7) is 3.59. The first-order chi connectivity index (χ1) is 6.95. The van der Waals surface area contributed by atoms with E-state index >= 15 is 0 Å². The summed E-state index contributed by atoms with van der Waals surface area (Å²) in [5.74, 6) is -1.83. The zero-order valence-corrected chi connectivity index (χ0v) is 10.9. The summed E-state index contributed by atoms with van der Waals surface area (Å²) in [6.07, 6.45) is -0.947. The summed E-state index contributed by atoms with van der Waals surface area (Å²) in [5, 5.41) is 20.8. The Balaban J connectivity index is 2.96. The molecule has 84 valence electrons. The first kappa shape index (κ1) is 12.7. The third-order valence-electron chi connectivity index (χ3n) is 2.26. The fraction of sp³-hybridized carbons (Fsp3) is 0.500. The van der Waals surface area contributed by atoms with Crippen molar-refractivity contribution in [3.8, 4) is 0 Å². The number of rotatable bonds is 4. The van der Waals surface area contributed by atoms with Crippen molar-refractivity contribution in [3.05, 3.63) is 20.8 Å². The number of hydrogen-bond acceptors (Lipinski definition) is 3. The fourth-order valence-corrected chi connectivity index (χ4v) is 3.10. The van der Waals surface area contributed by atoms with Crippen LogP contribution >= 0.6 is 27.3 Å². The Morgan fingerprint density at radius 1 is 1.53 bits per heavy atom. The van der Waals surface area contributed by atoms with Gasteiger partial charge in [0, 0.05) is 9.35 Å². The maximum Gasteiger partial charge on any atom is 0.309 e.